The van der Waals surface area contributed by atoms with Crippen LogP contribution in [0.1, 0.15) is 57.6 Å². The van der Waals surface area contributed by atoms with E-state index in [2.05, 4.69) is 0 Å². The molecule has 9 heteroatoms. The van der Waals surface area contributed by atoms with Gasteiger partial charge in [-0.2, -0.15) is 0 Å². The van der Waals surface area contributed by atoms with Gasteiger partial charge >= 0.3 is 11.4 Å². The number of nitrogens with zero attached hydrogens (tertiary/aromatic N) is 3. The van der Waals surface area contributed by atoms with E-state index in [-0.39, 0.29) is 31.1 Å². The molecule has 2 aliphatic carbocycles. The second kappa shape index (κ2) is 6.66. The number of carbonyl (C=O) groups is 2. The molecule has 4 atom stereocenters. The molecule has 2 aromatic rings. The Kier molecular flexibility index (Phi) is 4.37. The largest absolute Gasteiger partial charge is 0.463 e. The molecule has 1 N–H and O–H groups in total. The average Bonchev–Trinajstić information content (AvgIpc) is 3.36. The Morgan fingerprint density at radius 2 is 1.73 bits per heavy atom. The molecule has 9 nitrogen and oxygen atoms in total. The first kappa shape index (κ1) is 21.6. The van der Waals surface area contributed by atoms with Crippen molar-refractivity contribution in [1.29, 1.82) is 0 Å². The van der Waals surface area contributed by atoms with E-state index in [4.69, 9.17) is 4.42 Å². The first-order valence-corrected chi connectivity index (χ1v) is 11.0. The first-order valence-electron chi connectivity index (χ1n) is 11.0. The lowest BCUT2D eigenvalue weighted by molar-refractivity contribution is -0.151. The Labute approximate surface area is 189 Å². The number of hydrogen-bond acceptors (Lipinski definition) is 6. The molecular formula is C24H27N3O6. The average molecular weight is 453 g/mol. The van der Waals surface area contributed by atoms with Gasteiger partial charge < -0.3 is 9.52 Å². The SMILES string of the molecule is CC1=C(C)C(=O)[C@@]2(C)[C@@H](c3ccc(CO)o3)C3=CCn4c(=O)n(C)c(=O)n4[C@@H]3C[C@@]2(C)C1=O. The predicted molar refractivity (Wildman–Crippen MR) is 118 cm³/mol. The highest BCUT2D eigenvalue weighted by atomic mass is 16.4. The standard InChI is InChI=1S/C24H27N3O6/c1-12-13(2)20(30)24(4)18(17-7-6-14(11-28)33-17)15-8-9-26-21(31)25(5)22(32)27(26)16(15)10-23(24,3)19(12)29/h6-8,16,18,28H,9-11H2,1-5H3/t16-,18-,23+,24-/m1/s1. The summed E-state index contributed by atoms with van der Waals surface area (Å²) in [5, 5.41) is 9.58. The minimum absolute atomic E-state index is 0.128. The topological polar surface area (TPSA) is 116 Å². The summed E-state index contributed by atoms with van der Waals surface area (Å²) in [4.78, 5) is 53.3. The Hall–Kier alpha value is -3.20. The highest BCUT2D eigenvalue weighted by Gasteiger charge is 2.67. The van der Waals surface area contributed by atoms with Crippen molar-refractivity contribution in [3.8, 4) is 0 Å². The molecular weight excluding hydrogens is 426 g/mol. The summed E-state index contributed by atoms with van der Waals surface area (Å²) >= 11 is 0. The van der Waals surface area contributed by atoms with Crippen molar-refractivity contribution in [3.05, 3.63) is 67.4 Å². The van der Waals surface area contributed by atoms with Crippen LogP contribution < -0.4 is 11.4 Å². The highest BCUT2D eigenvalue weighted by Crippen LogP contribution is 2.66. The molecule has 0 unspecified atom stereocenters. The number of carbonyl (C=O) groups excluding carboxylic acids is 2. The van der Waals surface area contributed by atoms with E-state index in [1.54, 1.807) is 32.9 Å². The van der Waals surface area contributed by atoms with E-state index in [1.165, 1.54) is 16.4 Å². The van der Waals surface area contributed by atoms with Crippen molar-refractivity contribution in [2.45, 2.75) is 59.2 Å². The molecule has 0 radical (unpaired) electrons. The van der Waals surface area contributed by atoms with Crippen LogP contribution in [0.3, 0.4) is 0 Å². The van der Waals surface area contributed by atoms with Crippen LogP contribution in [0, 0.1) is 10.8 Å². The molecule has 1 fully saturated rings. The number of rotatable bonds is 2. The van der Waals surface area contributed by atoms with Crippen LogP contribution >= 0.6 is 0 Å². The van der Waals surface area contributed by atoms with E-state index in [0.29, 0.717) is 22.7 Å². The summed E-state index contributed by atoms with van der Waals surface area (Å²) in [6.45, 7) is 6.82. The van der Waals surface area contributed by atoms with Gasteiger partial charge in [0.25, 0.3) is 0 Å². The van der Waals surface area contributed by atoms with Crippen LogP contribution in [0.2, 0.25) is 0 Å². The van der Waals surface area contributed by atoms with Crippen molar-refractivity contribution < 1.29 is 19.1 Å². The number of Topliss-reactive ketones (excluding diaryl/α,β-unsaturated/α-hetero) is 2. The van der Waals surface area contributed by atoms with Gasteiger partial charge in [-0.3, -0.25) is 9.59 Å². The lowest BCUT2D eigenvalue weighted by atomic mass is 9.44. The molecule has 0 aromatic carbocycles. The Bertz CT molecular complexity index is 1410. The maximum absolute atomic E-state index is 13.9. The molecule has 3 aliphatic rings. The van der Waals surface area contributed by atoms with E-state index < -0.39 is 34.2 Å². The van der Waals surface area contributed by atoms with Crippen LogP contribution in [-0.4, -0.2) is 30.6 Å². The minimum atomic E-state index is -1.17. The molecule has 1 aliphatic heterocycles. The number of furan rings is 1. The summed E-state index contributed by atoms with van der Waals surface area (Å²) < 4.78 is 9.80. The number of aromatic nitrogens is 3. The summed E-state index contributed by atoms with van der Waals surface area (Å²) in [5.74, 6) is -0.102. The number of aliphatic hydroxyl groups excluding tert-OH is 1. The monoisotopic (exact) mass is 453 g/mol. The maximum atomic E-state index is 13.9. The number of ketones is 2. The zero-order valence-electron chi connectivity index (χ0n) is 19.3. The fraction of sp³-hybridized carbons (Fsp3) is 0.500. The highest BCUT2D eigenvalue weighted by molar-refractivity contribution is 6.17. The van der Waals surface area contributed by atoms with Gasteiger partial charge in [-0.25, -0.2) is 23.5 Å². The lowest BCUT2D eigenvalue weighted by Crippen LogP contribution is -2.61. The fourth-order valence-electron chi connectivity index (χ4n) is 6.24. The fourth-order valence-corrected chi connectivity index (χ4v) is 6.24. The number of hydrogen-bond donors (Lipinski definition) is 1. The molecule has 0 bridgehead atoms. The zero-order valence-corrected chi connectivity index (χ0v) is 19.3. The van der Waals surface area contributed by atoms with Crippen molar-refractivity contribution in [2.75, 3.05) is 0 Å². The normalized spacial score (nSPS) is 31.3. The second-order valence-electron chi connectivity index (χ2n) is 9.81. The summed E-state index contributed by atoms with van der Waals surface area (Å²) in [5.41, 5.74) is -1.56. The Morgan fingerprint density at radius 1 is 1.06 bits per heavy atom. The third-order valence-corrected chi connectivity index (χ3v) is 8.43. The van der Waals surface area contributed by atoms with Gasteiger partial charge in [0.1, 0.15) is 18.1 Å². The molecule has 174 valence electrons. The van der Waals surface area contributed by atoms with Crippen molar-refractivity contribution in [1.82, 2.24) is 13.9 Å². The van der Waals surface area contributed by atoms with Crippen LogP contribution in [0.4, 0.5) is 0 Å². The molecule has 5 rings (SSSR count). The second-order valence-corrected chi connectivity index (χ2v) is 9.81. The van der Waals surface area contributed by atoms with Gasteiger partial charge in [-0.1, -0.05) is 19.9 Å². The predicted octanol–water partition coefficient (Wildman–Crippen LogP) is 1.60. The summed E-state index contributed by atoms with van der Waals surface area (Å²) in [6, 6.07) is 2.78. The molecule has 2 aromatic heterocycles. The van der Waals surface area contributed by atoms with Gasteiger partial charge in [-0.15, -0.1) is 0 Å². The smallest absolute Gasteiger partial charge is 0.347 e. The van der Waals surface area contributed by atoms with E-state index >= 15 is 0 Å². The van der Waals surface area contributed by atoms with Crippen molar-refractivity contribution >= 4 is 11.6 Å². The first-order chi connectivity index (χ1) is 15.5. The molecule has 33 heavy (non-hydrogen) atoms. The Morgan fingerprint density at radius 3 is 2.36 bits per heavy atom. The molecule has 1 saturated carbocycles. The molecule has 0 amide bonds. The zero-order chi connectivity index (χ0) is 24.0. The van der Waals surface area contributed by atoms with Gasteiger partial charge in [0.05, 0.1) is 23.9 Å². The molecule has 3 heterocycles. The third kappa shape index (κ3) is 2.40. The van der Waals surface area contributed by atoms with Gasteiger partial charge in [-0.05, 0) is 49.1 Å². The van der Waals surface area contributed by atoms with E-state index in [0.717, 1.165) is 10.1 Å². The number of allylic oxidation sites excluding steroid dienone is 4. The molecule has 0 saturated heterocycles. The maximum Gasteiger partial charge on any atom is 0.347 e. The van der Waals surface area contributed by atoms with Gasteiger partial charge in [0, 0.05) is 12.5 Å². The molecule has 0 spiro atoms. The minimum Gasteiger partial charge on any atom is -0.463 e. The Balaban J connectivity index is 1.84. The quantitative estimate of drug-likeness (QED) is 0.691. The summed E-state index contributed by atoms with van der Waals surface area (Å²) in [6.07, 6.45) is 2.08. The number of fused-ring (bicyclic) bond motifs is 4. The van der Waals surface area contributed by atoms with E-state index in [1.807, 2.05) is 13.0 Å². The van der Waals surface area contributed by atoms with Crippen molar-refractivity contribution in [2.24, 2.45) is 17.9 Å². The van der Waals surface area contributed by atoms with Crippen LogP contribution in [0.15, 0.2) is 48.9 Å². The van der Waals surface area contributed by atoms with Crippen LogP contribution in [0.25, 0.3) is 0 Å². The van der Waals surface area contributed by atoms with E-state index in [9.17, 15) is 24.3 Å². The van der Waals surface area contributed by atoms with Crippen LogP contribution in [0.5, 0.6) is 0 Å². The lowest BCUT2D eigenvalue weighted by Gasteiger charge is -2.57. The number of aliphatic hydroxyl groups is 1. The van der Waals surface area contributed by atoms with Crippen molar-refractivity contribution in [3.63, 3.8) is 0 Å². The third-order valence-electron chi connectivity index (χ3n) is 8.43. The summed E-state index contributed by atoms with van der Waals surface area (Å²) in [7, 11) is 1.43. The van der Waals surface area contributed by atoms with Gasteiger partial charge in [0.15, 0.2) is 11.6 Å². The van der Waals surface area contributed by atoms with Gasteiger partial charge in [0.2, 0.25) is 0 Å². The van der Waals surface area contributed by atoms with Crippen LogP contribution in [-0.2, 0) is 29.8 Å².